The highest BCUT2D eigenvalue weighted by Crippen LogP contribution is 2.47. The normalized spacial score (nSPS) is 14.8. The Bertz CT molecular complexity index is 813. The Morgan fingerprint density at radius 3 is 2.38 bits per heavy atom. The number of anilines is 2. The monoisotopic (exact) mass is 342 g/mol. The fourth-order valence-corrected chi connectivity index (χ4v) is 2.80. The van der Waals surface area contributed by atoms with Crippen LogP contribution in [0, 0.1) is 19.3 Å². The van der Waals surface area contributed by atoms with Crippen molar-refractivity contribution in [1.29, 1.82) is 0 Å². The third-order valence-corrected chi connectivity index (χ3v) is 4.58. The highest BCUT2D eigenvalue weighted by Gasteiger charge is 2.56. The van der Waals surface area contributed by atoms with Gasteiger partial charge >= 0.3 is 0 Å². The number of halogens is 1. The summed E-state index contributed by atoms with van der Waals surface area (Å²) < 4.78 is 0. The van der Waals surface area contributed by atoms with Crippen molar-refractivity contribution < 1.29 is 9.59 Å². The third-order valence-electron chi connectivity index (χ3n) is 4.34. The van der Waals surface area contributed by atoms with E-state index in [1.54, 1.807) is 12.1 Å². The maximum Gasteiger partial charge on any atom is 0.240 e. The molecule has 2 aromatic carbocycles. The van der Waals surface area contributed by atoms with Crippen molar-refractivity contribution in [2.75, 3.05) is 10.6 Å². The number of hydrogen-bond donors (Lipinski definition) is 2. The topological polar surface area (TPSA) is 58.2 Å². The summed E-state index contributed by atoms with van der Waals surface area (Å²) in [5, 5.41) is 6.25. The SMILES string of the molecule is Cc1cccc(NC(=O)C2(C(=O)Nc3cc(Cl)ccc3C)CC2)c1. The molecule has 1 aliphatic rings. The van der Waals surface area contributed by atoms with Gasteiger partial charge in [-0.2, -0.15) is 0 Å². The molecule has 5 heteroatoms. The Hall–Kier alpha value is -2.33. The Balaban J connectivity index is 1.74. The average Bonchev–Trinajstić information content (AvgIpc) is 3.33. The van der Waals surface area contributed by atoms with Crippen LogP contribution in [0.15, 0.2) is 42.5 Å². The van der Waals surface area contributed by atoms with Gasteiger partial charge in [-0.3, -0.25) is 9.59 Å². The Morgan fingerprint density at radius 1 is 1.00 bits per heavy atom. The lowest BCUT2D eigenvalue weighted by Crippen LogP contribution is -2.35. The Labute approximate surface area is 146 Å². The fraction of sp³-hybridized carbons (Fsp3) is 0.263. The zero-order chi connectivity index (χ0) is 17.3. The van der Waals surface area contributed by atoms with Crippen molar-refractivity contribution in [2.45, 2.75) is 26.7 Å². The largest absolute Gasteiger partial charge is 0.325 e. The molecule has 2 N–H and O–H groups in total. The molecule has 1 aliphatic carbocycles. The number of carbonyl (C=O) groups is 2. The van der Waals surface area contributed by atoms with E-state index in [1.165, 1.54) is 0 Å². The van der Waals surface area contributed by atoms with E-state index >= 15 is 0 Å². The van der Waals surface area contributed by atoms with Gasteiger partial charge in [0.15, 0.2) is 0 Å². The molecule has 0 aromatic heterocycles. The van der Waals surface area contributed by atoms with Crippen LogP contribution in [0.1, 0.15) is 24.0 Å². The Morgan fingerprint density at radius 2 is 1.71 bits per heavy atom. The first-order valence-corrected chi connectivity index (χ1v) is 8.24. The lowest BCUT2D eigenvalue weighted by molar-refractivity contribution is -0.131. The molecular formula is C19H19ClN2O2. The third kappa shape index (κ3) is 3.29. The standard InChI is InChI=1S/C19H19ClN2O2/c1-12-4-3-5-15(10-12)21-17(23)19(8-9-19)18(24)22-16-11-14(20)7-6-13(16)2/h3-7,10-11H,8-9H2,1-2H3,(H,21,23)(H,22,24). The average molecular weight is 343 g/mol. The van der Waals surface area contributed by atoms with Gasteiger partial charge in [-0.1, -0.05) is 29.8 Å². The number of aryl methyl sites for hydroxylation is 2. The molecule has 0 bridgehead atoms. The van der Waals surface area contributed by atoms with Gasteiger partial charge in [0, 0.05) is 16.4 Å². The molecule has 2 amide bonds. The summed E-state index contributed by atoms with van der Waals surface area (Å²) >= 11 is 5.98. The molecule has 0 heterocycles. The molecule has 0 spiro atoms. The highest BCUT2D eigenvalue weighted by atomic mass is 35.5. The van der Waals surface area contributed by atoms with Gasteiger partial charge < -0.3 is 10.6 Å². The van der Waals surface area contributed by atoms with Crippen LogP contribution in [0.5, 0.6) is 0 Å². The fourth-order valence-electron chi connectivity index (χ4n) is 2.63. The second-order valence-electron chi connectivity index (χ2n) is 6.32. The summed E-state index contributed by atoms with van der Waals surface area (Å²) in [6, 6.07) is 12.8. The molecule has 3 rings (SSSR count). The number of carbonyl (C=O) groups excluding carboxylic acids is 2. The van der Waals surface area contributed by atoms with Gasteiger partial charge in [0.2, 0.25) is 11.8 Å². The maximum atomic E-state index is 12.6. The quantitative estimate of drug-likeness (QED) is 0.813. The zero-order valence-corrected chi connectivity index (χ0v) is 14.4. The second kappa shape index (κ2) is 6.29. The number of benzene rings is 2. The van der Waals surface area contributed by atoms with Crippen molar-refractivity contribution in [3.8, 4) is 0 Å². The van der Waals surface area contributed by atoms with E-state index in [0.29, 0.717) is 29.2 Å². The van der Waals surface area contributed by atoms with Crippen LogP contribution < -0.4 is 10.6 Å². The molecule has 0 radical (unpaired) electrons. The van der Waals surface area contributed by atoms with Crippen LogP contribution in [0.2, 0.25) is 5.02 Å². The van der Waals surface area contributed by atoms with Crippen LogP contribution in [0.3, 0.4) is 0 Å². The minimum absolute atomic E-state index is 0.259. The van der Waals surface area contributed by atoms with Gasteiger partial charge in [-0.15, -0.1) is 0 Å². The van der Waals surface area contributed by atoms with Crippen LogP contribution in [0.4, 0.5) is 11.4 Å². The first-order valence-electron chi connectivity index (χ1n) is 7.86. The lowest BCUT2D eigenvalue weighted by atomic mass is 10.0. The van der Waals surface area contributed by atoms with Gasteiger partial charge in [0.1, 0.15) is 5.41 Å². The number of rotatable bonds is 4. The van der Waals surface area contributed by atoms with Crippen molar-refractivity contribution in [3.05, 3.63) is 58.6 Å². The van der Waals surface area contributed by atoms with Crippen LogP contribution in [-0.4, -0.2) is 11.8 Å². The number of amides is 2. The molecule has 2 aromatic rings. The van der Waals surface area contributed by atoms with Crippen molar-refractivity contribution in [3.63, 3.8) is 0 Å². The van der Waals surface area contributed by atoms with Gasteiger partial charge in [-0.05, 0) is 62.1 Å². The molecule has 0 saturated heterocycles. The first-order chi connectivity index (χ1) is 11.4. The summed E-state index contributed by atoms with van der Waals surface area (Å²) in [5.74, 6) is -0.539. The van der Waals surface area contributed by atoms with Crippen molar-refractivity contribution >= 4 is 34.8 Å². The van der Waals surface area contributed by atoms with E-state index in [9.17, 15) is 9.59 Å². The maximum absolute atomic E-state index is 12.6. The summed E-state index contributed by atoms with van der Waals surface area (Å²) in [6.07, 6.45) is 1.10. The van der Waals surface area contributed by atoms with Gasteiger partial charge in [0.25, 0.3) is 0 Å². The minimum atomic E-state index is -0.988. The summed E-state index contributed by atoms with van der Waals surface area (Å²) in [6.45, 7) is 3.84. The van der Waals surface area contributed by atoms with E-state index in [1.807, 2.05) is 44.2 Å². The predicted molar refractivity (Wildman–Crippen MR) is 96.3 cm³/mol. The number of nitrogens with one attached hydrogen (secondary N) is 2. The molecule has 1 saturated carbocycles. The molecule has 4 nitrogen and oxygen atoms in total. The zero-order valence-electron chi connectivity index (χ0n) is 13.7. The van der Waals surface area contributed by atoms with E-state index in [0.717, 1.165) is 11.1 Å². The predicted octanol–water partition coefficient (Wildman–Crippen LogP) is 4.31. The van der Waals surface area contributed by atoms with E-state index in [4.69, 9.17) is 11.6 Å². The van der Waals surface area contributed by atoms with E-state index < -0.39 is 5.41 Å². The summed E-state index contributed by atoms with van der Waals surface area (Å²) in [5.41, 5.74) is 2.32. The number of hydrogen-bond acceptors (Lipinski definition) is 2. The molecular weight excluding hydrogens is 324 g/mol. The lowest BCUT2D eigenvalue weighted by Gasteiger charge is -2.17. The Kier molecular flexibility index (Phi) is 4.33. The van der Waals surface area contributed by atoms with Crippen molar-refractivity contribution in [1.82, 2.24) is 0 Å². The molecule has 1 fully saturated rings. The summed E-state index contributed by atoms with van der Waals surface area (Å²) in [7, 11) is 0. The van der Waals surface area contributed by atoms with Crippen molar-refractivity contribution in [2.24, 2.45) is 5.41 Å². The summed E-state index contributed by atoms with van der Waals surface area (Å²) in [4.78, 5) is 25.2. The van der Waals surface area contributed by atoms with E-state index in [-0.39, 0.29) is 11.8 Å². The van der Waals surface area contributed by atoms with E-state index in [2.05, 4.69) is 10.6 Å². The molecule has 0 aliphatic heterocycles. The highest BCUT2D eigenvalue weighted by molar-refractivity contribution is 6.31. The van der Waals surface area contributed by atoms with Gasteiger partial charge in [0.05, 0.1) is 0 Å². The van der Waals surface area contributed by atoms with Gasteiger partial charge in [-0.25, -0.2) is 0 Å². The molecule has 0 atom stereocenters. The molecule has 24 heavy (non-hydrogen) atoms. The molecule has 0 unspecified atom stereocenters. The first kappa shape index (κ1) is 16.5. The molecule has 124 valence electrons. The minimum Gasteiger partial charge on any atom is -0.325 e. The smallest absolute Gasteiger partial charge is 0.240 e. The van der Waals surface area contributed by atoms with Crippen LogP contribution in [0.25, 0.3) is 0 Å². The second-order valence-corrected chi connectivity index (χ2v) is 6.76. The van der Waals surface area contributed by atoms with Crippen LogP contribution >= 0.6 is 11.6 Å². The van der Waals surface area contributed by atoms with Crippen LogP contribution in [-0.2, 0) is 9.59 Å².